The normalized spacial score (nSPS) is 12.0. The van der Waals surface area contributed by atoms with Crippen molar-refractivity contribution in [2.75, 3.05) is 18.0 Å². The molecule has 0 aliphatic rings. The summed E-state index contributed by atoms with van der Waals surface area (Å²) in [6, 6.07) is 23.0. The van der Waals surface area contributed by atoms with Crippen molar-refractivity contribution in [2.24, 2.45) is 5.73 Å². The third-order valence-electron chi connectivity index (χ3n) is 7.92. The lowest BCUT2D eigenvalue weighted by molar-refractivity contribution is -0.118. The van der Waals surface area contributed by atoms with E-state index in [0.29, 0.717) is 33.5 Å². The van der Waals surface area contributed by atoms with Crippen LogP contribution in [0, 0.1) is 11.6 Å². The van der Waals surface area contributed by atoms with Crippen LogP contribution < -0.4 is 16.0 Å². The molecule has 5 aromatic rings. The van der Waals surface area contributed by atoms with E-state index in [4.69, 9.17) is 33.9 Å². The van der Waals surface area contributed by atoms with E-state index in [1.165, 1.54) is 6.07 Å². The molecule has 0 saturated heterocycles. The Hall–Kier alpha value is -3.98. The topological polar surface area (TPSA) is 76.2 Å². The summed E-state index contributed by atoms with van der Waals surface area (Å²) in [5.41, 5.74) is 11.5. The number of hydrogen-bond donors (Lipinski definition) is 2. The Labute approximate surface area is 278 Å². The second-order valence-corrected chi connectivity index (χ2v) is 12.2. The summed E-state index contributed by atoms with van der Waals surface area (Å²) in [4.78, 5) is 19.5. The number of nitrogens with two attached hydrogens (primary N) is 1. The van der Waals surface area contributed by atoms with Crippen LogP contribution >= 0.6 is 23.2 Å². The first-order chi connectivity index (χ1) is 22.2. The van der Waals surface area contributed by atoms with Gasteiger partial charge >= 0.3 is 0 Å². The molecule has 1 amide bonds. The van der Waals surface area contributed by atoms with Crippen molar-refractivity contribution in [1.82, 2.24) is 14.9 Å². The second-order valence-electron chi connectivity index (χ2n) is 11.4. The molecule has 5 rings (SSSR count). The van der Waals surface area contributed by atoms with E-state index in [0.717, 1.165) is 59.9 Å². The summed E-state index contributed by atoms with van der Waals surface area (Å²) in [5.74, 6) is -1.55. The van der Waals surface area contributed by atoms with Crippen LogP contribution in [0.5, 0.6) is 0 Å². The highest BCUT2D eigenvalue weighted by Gasteiger charge is 2.19. The maximum absolute atomic E-state index is 14.2. The Bertz CT molecular complexity index is 1820. The van der Waals surface area contributed by atoms with Gasteiger partial charge in [0.1, 0.15) is 5.82 Å². The number of fused-ring (bicyclic) bond motifs is 1. The number of halogens is 4. The van der Waals surface area contributed by atoms with Crippen LogP contribution in [0.15, 0.2) is 78.9 Å². The second kappa shape index (κ2) is 15.1. The average Bonchev–Trinajstić information content (AvgIpc) is 3.39. The van der Waals surface area contributed by atoms with E-state index in [1.807, 2.05) is 41.0 Å². The predicted molar refractivity (Wildman–Crippen MR) is 183 cm³/mol. The molecule has 3 N–H and O–H groups in total. The Morgan fingerprint density at radius 3 is 2.26 bits per heavy atom. The summed E-state index contributed by atoms with van der Waals surface area (Å²) in [6.45, 7) is 6.99. The predicted octanol–water partition coefficient (Wildman–Crippen LogP) is 8.67. The number of rotatable bonds is 14. The van der Waals surface area contributed by atoms with E-state index in [2.05, 4.69) is 36.2 Å². The Morgan fingerprint density at radius 1 is 0.891 bits per heavy atom. The molecule has 240 valence electrons. The molecule has 0 spiro atoms. The van der Waals surface area contributed by atoms with Crippen LogP contribution in [-0.2, 0) is 17.9 Å². The molecule has 4 aromatic carbocycles. The molecular weight excluding hydrogens is 627 g/mol. The summed E-state index contributed by atoms with van der Waals surface area (Å²) < 4.78 is 30.0. The molecule has 6 nitrogen and oxygen atoms in total. The molecule has 0 fully saturated rings. The van der Waals surface area contributed by atoms with Crippen LogP contribution in [-0.4, -0.2) is 28.5 Å². The number of primary amides is 1. The van der Waals surface area contributed by atoms with Gasteiger partial charge in [0.05, 0.1) is 21.1 Å². The van der Waals surface area contributed by atoms with Gasteiger partial charge in [-0.05, 0) is 90.2 Å². The molecule has 0 saturated carbocycles. The largest absolute Gasteiger partial charge is 0.372 e. The minimum absolute atomic E-state index is 0.0722. The fourth-order valence-electron chi connectivity index (χ4n) is 5.70. The van der Waals surface area contributed by atoms with Gasteiger partial charge in [0.2, 0.25) is 5.91 Å². The molecule has 0 radical (unpaired) electrons. The summed E-state index contributed by atoms with van der Waals surface area (Å²) in [5, 5.41) is 4.33. The van der Waals surface area contributed by atoms with Crippen LogP contribution in [0.1, 0.15) is 55.8 Å². The highest BCUT2D eigenvalue weighted by atomic mass is 35.5. The van der Waals surface area contributed by atoms with Crippen LogP contribution in [0.4, 0.5) is 14.5 Å². The number of benzene rings is 4. The van der Waals surface area contributed by atoms with E-state index >= 15 is 0 Å². The summed E-state index contributed by atoms with van der Waals surface area (Å²) in [6.07, 6.45) is 2.17. The number of amides is 1. The van der Waals surface area contributed by atoms with Gasteiger partial charge in [-0.15, -0.1) is 0 Å². The number of hydrogen-bond acceptors (Lipinski definition) is 4. The van der Waals surface area contributed by atoms with Crippen LogP contribution in [0.2, 0.25) is 10.0 Å². The third-order valence-corrected chi connectivity index (χ3v) is 8.66. The zero-order valence-corrected chi connectivity index (χ0v) is 27.4. The summed E-state index contributed by atoms with van der Waals surface area (Å²) >= 11 is 12.3. The number of aromatic nitrogens is 2. The van der Waals surface area contributed by atoms with E-state index < -0.39 is 23.6 Å². The number of nitrogens with zero attached hydrogens (tertiary/aromatic N) is 3. The molecule has 1 aromatic heterocycles. The number of carbonyl (C=O) groups is 1. The maximum Gasteiger partial charge on any atom is 0.219 e. The maximum atomic E-state index is 14.2. The van der Waals surface area contributed by atoms with Crippen molar-refractivity contribution in [3.05, 3.63) is 117 Å². The zero-order chi connectivity index (χ0) is 32.8. The fourth-order valence-corrected chi connectivity index (χ4v) is 6.02. The highest BCUT2D eigenvalue weighted by molar-refractivity contribution is 6.42. The van der Waals surface area contributed by atoms with Gasteiger partial charge in [0.25, 0.3) is 0 Å². The number of imidazole rings is 1. The third kappa shape index (κ3) is 7.86. The van der Waals surface area contributed by atoms with Crippen molar-refractivity contribution >= 4 is 45.8 Å². The lowest BCUT2D eigenvalue weighted by atomic mass is 10.0. The Morgan fingerprint density at radius 2 is 1.61 bits per heavy atom. The van der Waals surface area contributed by atoms with E-state index in [-0.39, 0.29) is 13.0 Å². The van der Waals surface area contributed by atoms with Gasteiger partial charge in [-0.25, -0.2) is 13.8 Å². The quantitative estimate of drug-likeness (QED) is 0.125. The molecule has 0 aliphatic heterocycles. The molecular formula is C36H37Cl2F2N5O. The molecule has 1 unspecified atom stereocenters. The number of anilines is 1. The Kier molecular flexibility index (Phi) is 10.9. The molecule has 46 heavy (non-hydrogen) atoms. The van der Waals surface area contributed by atoms with Crippen molar-refractivity contribution in [2.45, 2.75) is 52.2 Å². The molecule has 1 heterocycles. The van der Waals surface area contributed by atoms with Gasteiger partial charge in [-0.2, -0.15) is 0 Å². The van der Waals surface area contributed by atoms with Crippen LogP contribution in [0.3, 0.4) is 0 Å². The first kappa shape index (κ1) is 33.4. The van der Waals surface area contributed by atoms with Crippen molar-refractivity contribution < 1.29 is 13.6 Å². The number of nitrogens with one attached hydrogen (secondary N) is 1. The average molecular weight is 665 g/mol. The Balaban J connectivity index is 1.53. The van der Waals surface area contributed by atoms with Crippen LogP contribution in [0.25, 0.3) is 22.4 Å². The molecule has 0 bridgehead atoms. The monoisotopic (exact) mass is 663 g/mol. The van der Waals surface area contributed by atoms with E-state index in [1.54, 1.807) is 18.2 Å². The number of carbonyl (C=O) groups excluding carboxylic acids is 1. The molecule has 10 heteroatoms. The summed E-state index contributed by atoms with van der Waals surface area (Å²) in [7, 11) is 0. The first-order valence-electron chi connectivity index (χ1n) is 15.4. The lowest BCUT2D eigenvalue weighted by Gasteiger charge is -2.24. The first-order valence-corrected chi connectivity index (χ1v) is 16.2. The SMILES string of the molecule is CCCN(CCC)c1ccc(-c2nc3cc(C(CC(N)=O)NCc4ccc(Cl)c(Cl)c4)ccc3n2Cc2ccc(F)c(F)c2)cc1. The van der Waals surface area contributed by atoms with Crippen molar-refractivity contribution in [3.8, 4) is 11.4 Å². The smallest absolute Gasteiger partial charge is 0.219 e. The lowest BCUT2D eigenvalue weighted by Crippen LogP contribution is -2.26. The van der Waals surface area contributed by atoms with E-state index in [9.17, 15) is 13.6 Å². The van der Waals surface area contributed by atoms with Gasteiger partial charge in [-0.1, -0.05) is 55.2 Å². The minimum Gasteiger partial charge on any atom is -0.372 e. The van der Waals surface area contributed by atoms with Gasteiger partial charge in [-0.3, -0.25) is 4.79 Å². The van der Waals surface area contributed by atoms with Crippen molar-refractivity contribution in [3.63, 3.8) is 0 Å². The zero-order valence-electron chi connectivity index (χ0n) is 25.9. The minimum atomic E-state index is -0.899. The molecule has 0 aliphatic carbocycles. The highest BCUT2D eigenvalue weighted by Crippen LogP contribution is 2.31. The van der Waals surface area contributed by atoms with Crippen molar-refractivity contribution in [1.29, 1.82) is 0 Å². The standard InChI is InChI=1S/C36H37Cl2F2N5O/c1-3-15-44(16-4-2)27-10-7-25(8-11-27)36-43-33-19-26(9-14-34(33)45(36)22-24-6-13-30(39)31(40)18-24)32(20-35(41)46)42-21-23-5-12-28(37)29(38)17-23/h5-14,17-19,32,42H,3-4,15-16,20-22H2,1-2H3,(H2,41,46). The van der Waals surface area contributed by atoms with Gasteiger partial charge in [0.15, 0.2) is 11.6 Å². The fraction of sp³-hybridized carbons (Fsp3) is 0.278. The van der Waals surface area contributed by atoms with Gasteiger partial charge in [0, 0.05) is 49.9 Å². The molecule has 1 atom stereocenters. The van der Waals surface area contributed by atoms with Gasteiger partial charge < -0.3 is 20.5 Å².